The first kappa shape index (κ1) is 19.9. The average Bonchev–Trinajstić information content (AvgIpc) is 3.14. The van der Waals surface area contributed by atoms with Gasteiger partial charge < -0.3 is 10.1 Å². The number of ether oxygens (including phenoxy) is 1. The van der Waals surface area contributed by atoms with Gasteiger partial charge in [0.25, 0.3) is 0 Å². The highest BCUT2D eigenvalue weighted by Crippen LogP contribution is 2.46. The molecule has 0 amide bonds. The van der Waals surface area contributed by atoms with Gasteiger partial charge in [-0.05, 0) is 42.8 Å². The van der Waals surface area contributed by atoms with E-state index >= 15 is 0 Å². The number of hydrogen-bond acceptors (Lipinski definition) is 6. The van der Waals surface area contributed by atoms with Crippen molar-refractivity contribution in [3.63, 3.8) is 0 Å². The smallest absolute Gasteiger partial charge is 0.227 e. The minimum absolute atomic E-state index is 0.472. The molecule has 0 saturated carbocycles. The highest BCUT2D eigenvalue weighted by Gasteiger charge is 2.23. The van der Waals surface area contributed by atoms with Crippen LogP contribution < -0.4 is 10.1 Å². The molecule has 2 heterocycles. The third kappa shape index (κ3) is 4.13. The largest absolute Gasteiger partial charge is 0.483 e. The van der Waals surface area contributed by atoms with Gasteiger partial charge in [0.05, 0.1) is 17.2 Å². The van der Waals surface area contributed by atoms with Crippen LogP contribution in [0.25, 0.3) is 21.7 Å². The molecule has 148 valence electrons. The van der Waals surface area contributed by atoms with Crippen molar-refractivity contribution in [1.29, 1.82) is 5.26 Å². The van der Waals surface area contributed by atoms with Crippen molar-refractivity contribution in [3.8, 4) is 32.8 Å². The van der Waals surface area contributed by atoms with E-state index in [1.807, 2.05) is 67.6 Å². The Morgan fingerprint density at radius 3 is 2.57 bits per heavy atom. The predicted octanol–water partition coefficient (Wildman–Crippen LogP) is 6.54. The summed E-state index contributed by atoms with van der Waals surface area (Å²) >= 11 is 7.47. The van der Waals surface area contributed by atoms with Crippen LogP contribution in [0.4, 0.5) is 11.6 Å². The molecular formula is C23H17ClN4OS. The number of rotatable bonds is 6. The van der Waals surface area contributed by atoms with E-state index in [0.717, 1.165) is 21.7 Å². The number of hydrogen-bond donors (Lipinski definition) is 1. The molecule has 0 aliphatic heterocycles. The van der Waals surface area contributed by atoms with Crippen molar-refractivity contribution in [1.82, 2.24) is 9.97 Å². The minimum atomic E-state index is 0.472. The Morgan fingerprint density at radius 1 is 1.10 bits per heavy atom. The van der Waals surface area contributed by atoms with Crippen molar-refractivity contribution >= 4 is 34.6 Å². The maximum absolute atomic E-state index is 9.86. The second-order valence-corrected chi connectivity index (χ2v) is 7.70. The van der Waals surface area contributed by atoms with Crippen LogP contribution in [0.1, 0.15) is 12.5 Å². The monoisotopic (exact) mass is 432 g/mol. The SMILES string of the molecule is CCOc1sc(-c2ccnc(Nc3ccccc3)n2)c(-c2ccc(Cl)cc2)c1C#N. The lowest BCUT2D eigenvalue weighted by Crippen LogP contribution is -1.97. The Labute approximate surface area is 183 Å². The molecule has 7 heteroatoms. The molecule has 5 nitrogen and oxygen atoms in total. The molecule has 0 aliphatic carbocycles. The van der Waals surface area contributed by atoms with Crippen molar-refractivity contribution in [2.24, 2.45) is 0 Å². The molecule has 4 aromatic rings. The Bertz CT molecular complexity index is 1200. The van der Waals surface area contributed by atoms with Gasteiger partial charge in [-0.3, -0.25) is 0 Å². The zero-order chi connectivity index (χ0) is 20.9. The molecule has 0 unspecified atom stereocenters. The number of halogens is 1. The summed E-state index contributed by atoms with van der Waals surface area (Å²) in [6, 6.07) is 21.3. The zero-order valence-electron chi connectivity index (χ0n) is 16.1. The summed E-state index contributed by atoms with van der Waals surface area (Å²) in [7, 11) is 0. The van der Waals surface area contributed by atoms with Gasteiger partial charge in [0, 0.05) is 22.5 Å². The van der Waals surface area contributed by atoms with Crippen LogP contribution in [0.5, 0.6) is 5.06 Å². The van der Waals surface area contributed by atoms with Gasteiger partial charge in [0.1, 0.15) is 11.6 Å². The maximum Gasteiger partial charge on any atom is 0.227 e. The summed E-state index contributed by atoms with van der Waals surface area (Å²) in [5.41, 5.74) is 3.76. The number of nitrogens with zero attached hydrogens (tertiary/aromatic N) is 3. The first-order valence-corrected chi connectivity index (χ1v) is 10.5. The predicted molar refractivity (Wildman–Crippen MR) is 121 cm³/mol. The molecule has 1 N–H and O–H groups in total. The fourth-order valence-electron chi connectivity index (χ4n) is 3.01. The lowest BCUT2D eigenvalue weighted by atomic mass is 10.0. The van der Waals surface area contributed by atoms with E-state index in [1.54, 1.807) is 6.20 Å². The normalized spacial score (nSPS) is 10.4. The molecule has 2 aromatic heterocycles. The van der Waals surface area contributed by atoms with Crippen molar-refractivity contribution < 1.29 is 4.74 Å². The minimum Gasteiger partial charge on any atom is -0.483 e. The quantitative estimate of drug-likeness (QED) is 0.374. The molecule has 0 atom stereocenters. The summed E-state index contributed by atoms with van der Waals surface area (Å²) in [6.07, 6.45) is 1.70. The number of para-hydroxylation sites is 1. The van der Waals surface area contributed by atoms with E-state index in [1.165, 1.54) is 11.3 Å². The second kappa shape index (κ2) is 8.95. The Balaban J connectivity index is 1.83. The number of aromatic nitrogens is 2. The first-order chi connectivity index (χ1) is 14.7. The van der Waals surface area contributed by atoms with Gasteiger partial charge in [0.2, 0.25) is 5.95 Å². The van der Waals surface area contributed by atoms with E-state index in [2.05, 4.69) is 21.4 Å². The summed E-state index contributed by atoms with van der Waals surface area (Å²) < 4.78 is 5.75. The van der Waals surface area contributed by atoms with Crippen LogP contribution in [0.15, 0.2) is 66.9 Å². The van der Waals surface area contributed by atoms with Gasteiger partial charge in [-0.25, -0.2) is 9.97 Å². The fraction of sp³-hybridized carbons (Fsp3) is 0.0870. The van der Waals surface area contributed by atoms with Crippen molar-refractivity contribution in [2.45, 2.75) is 6.92 Å². The standard InChI is InChI=1S/C23H17ClN4OS/c1-2-29-22-18(14-25)20(15-8-10-16(24)11-9-15)21(30-22)19-12-13-26-23(28-19)27-17-6-4-3-5-7-17/h3-13H,2H2,1H3,(H,26,27,28). The van der Waals surface area contributed by atoms with Gasteiger partial charge in [-0.15, -0.1) is 0 Å². The van der Waals surface area contributed by atoms with Crippen LogP contribution in [0.3, 0.4) is 0 Å². The van der Waals surface area contributed by atoms with E-state index in [4.69, 9.17) is 16.3 Å². The highest BCUT2D eigenvalue weighted by atomic mass is 35.5. The molecule has 4 rings (SSSR count). The molecule has 2 aromatic carbocycles. The number of benzene rings is 2. The Kier molecular flexibility index (Phi) is 5.94. The van der Waals surface area contributed by atoms with Gasteiger partial charge >= 0.3 is 0 Å². The van der Waals surface area contributed by atoms with Crippen LogP contribution in [-0.4, -0.2) is 16.6 Å². The Hall–Kier alpha value is -3.40. The molecule has 0 aliphatic rings. The second-order valence-electron chi connectivity index (χ2n) is 6.28. The van der Waals surface area contributed by atoms with E-state index in [0.29, 0.717) is 33.9 Å². The summed E-state index contributed by atoms with van der Waals surface area (Å²) in [6.45, 7) is 2.37. The summed E-state index contributed by atoms with van der Waals surface area (Å²) in [5, 5.41) is 14.3. The van der Waals surface area contributed by atoms with E-state index in [-0.39, 0.29) is 0 Å². The number of anilines is 2. The third-order valence-corrected chi connectivity index (χ3v) is 5.69. The number of thiophene rings is 1. The molecular weight excluding hydrogens is 416 g/mol. The van der Waals surface area contributed by atoms with Crippen LogP contribution in [0.2, 0.25) is 5.02 Å². The lowest BCUT2D eigenvalue weighted by Gasteiger charge is -2.08. The number of nitriles is 1. The highest BCUT2D eigenvalue weighted by molar-refractivity contribution is 7.18. The first-order valence-electron chi connectivity index (χ1n) is 9.30. The van der Waals surface area contributed by atoms with Gasteiger partial charge in [-0.2, -0.15) is 5.26 Å². The van der Waals surface area contributed by atoms with Crippen LogP contribution in [-0.2, 0) is 0 Å². The van der Waals surface area contributed by atoms with Crippen LogP contribution in [0, 0.1) is 11.3 Å². The molecule has 30 heavy (non-hydrogen) atoms. The molecule has 0 radical (unpaired) electrons. The number of nitrogens with one attached hydrogen (secondary N) is 1. The third-order valence-electron chi connectivity index (χ3n) is 4.31. The van der Waals surface area contributed by atoms with E-state index < -0.39 is 0 Å². The topological polar surface area (TPSA) is 70.8 Å². The molecule has 0 saturated heterocycles. The molecule has 0 spiro atoms. The molecule has 0 fully saturated rings. The van der Waals surface area contributed by atoms with Gasteiger partial charge in [-0.1, -0.05) is 53.3 Å². The summed E-state index contributed by atoms with van der Waals surface area (Å²) in [4.78, 5) is 9.86. The van der Waals surface area contributed by atoms with Gasteiger partial charge in [0.15, 0.2) is 5.06 Å². The van der Waals surface area contributed by atoms with E-state index in [9.17, 15) is 5.26 Å². The zero-order valence-corrected chi connectivity index (χ0v) is 17.7. The summed E-state index contributed by atoms with van der Waals surface area (Å²) in [5.74, 6) is 0.477. The maximum atomic E-state index is 9.86. The van der Waals surface area contributed by atoms with Crippen molar-refractivity contribution in [2.75, 3.05) is 11.9 Å². The average molecular weight is 433 g/mol. The lowest BCUT2D eigenvalue weighted by molar-refractivity contribution is 0.349. The van der Waals surface area contributed by atoms with Crippen LogP contribution >= 0.6 is 22.9 Å². The van der Waals surface area contributed by atoms with Crippen molar-refractivity contribution in [3.05, 3.63) is 77.4 Å². The fourth-order valence-corrected chi connectivity index (χ4v) is 4.29. The molecule has 0 bridgehead atoms. The Morgan fingerprint density at radius 2 is 1.87 bits per heavy atom.